The van der Waals surface area contributed by atoms with E-state index in [2.05, 4.69) is 0 Å². The molecule has 1 atom stereocenters. The molecule has 2 aliphatic rings. The average molecular weight is 379 g/mol. The van der Waals surface area contributed by atoms with Gasteiger partial charge in [-0.05, 0) is 29.7 Å². The highest BCUT2D eigenvalue weighted by molar-refractivity contribution is 7.92. The van der Waals surface area contributed by atoms with Crippen LogP contribution in [0.1, 0.15) is 35.7 Å². The van der Waals surface area contributed by atoms with E-state index in [1.807, 2.05) is 0 Å². The van der Waals surface area contributed by atoms with Gasteiger partial charge in [0.2, 0.25) is 5.91 Å². The van der Waals surface area contributed by atoms with Gasteiger partial charge in [0.05, 0.1) is 17.7 Å². The zero-order valence-electron chi connectivity index (χ0n) is 14.0. The number of aromatic carboxylic acids is 1. The van der Waals surface area contributed by atoms with Gasteiger partial charge in [-0.3, -0.25) is 9.69 Å². The predicted octanol–water partition coefficient (Wildman–Crippen LogP) is 1.08. The Morgan fingerprint density at radius 2 is 1.92 bits per heavy atom. The second kappa shape index (κ2) is 6.56. The van der Waals surface area contributed by atoms with Crippen molar-refractivity contribution >= 4 is 27.7 Å². The van der Waals surface area contributed by atoms with Crippen LogP contribution in [0.2, 0.25) is 0 Å². The molecule has 2 heterocycles. The van der Waals surface area contributed by atoms with Crippen molar-refractivity contribution in [1.29, 1.82) is 0 Å². The van der Waals surface area contributed by atoms with E-state index in [-0.39, 0.29) is 30.0 Å². The quantitative estimate of drug-likeness (QED) is 0.601. The molecule has 1 N–H and O–H groups in total. The van der Waals surface area contributed by atoms with Crippen molar-refractivity contribution in [3.63, 3.8) is 0 Å². The fraction of sp³-hybridized carbons (Fsp3) is 0.353. The number of esters is 1. The summed E-state index contributed by atoms with van der Waals surface area (Å²) >= 11 is 0. The fourth-order valence-corrected chi connectivity index (χ4v) is 4.95. The molecule has 1 saturated heterocycles. The minimum atomic E-state index is -3.48. The lowest BCUT2D eigenvalue weighted by molar-refractivity contribution is -0.150. The molecule has 138 valence electrons. The lowest BCUT2D eigenvalue weighted by atomic mass is 10.1. The van der Waals surface area contributed by atoms with E-state index in [1.165, 1.54) is 24.3 Å². The minimum absolute atomic E-state index is 0.0192. The molecule has 2 aliphatic heterocycles. The molecule has 3 rings (SSSR count). The van der Waals surface area contributed by atoms with Crippen molar-refractivity contribution in [3.05, 3.63) is 46.7 Å². The lowest BCUT2D eigenvalue weighted by Crippen LogP contribution is -2.60. The standard InChI is InChI=1S/C17H17NO7S/c1-2-11-9-26(23,24)14-7-13(19)18(14)15(11)17(22)25-8-10-3-5-12(6-4-10)16(20)21/h3-6,14H,2,7-9H2,1H3,(H,20,21). The summed E-state index contributed by atoms with van der Waals surface area (Å²) in [5.41, 5.74) is 1.07. The zero-order chi connectivity index (χ0) is 19.1. The van der Waals surface area contributed by atoms with Gasteiger partial charge in [0, 0.05) is 0 Å². The van der Waals surface area contributed by atoms with E-state index in [0.29, 0.717) is 17.6 Å². The van der Waals surface area contributed by atoms with E-state index < -0.39 is 33.1 Å². The van der Waals surface area contributed by atoms with Crippen LogP contribution in [0.25, 0.3) is 0 Å². The fourth-order valence-electron chi connectivity index (χ4n) is 2.99. The van der Waals surface area contributed by atoms with Crippen LogP contribution in [0.3, 0.4) is 0 Å². The van der Waals surface area contributed by atoms with E-state index in [1.54, 1.807) is 6.92 Å². The molecule has 1 aromatic rings. The van der Waals surface area contributed by atoms with Crippen LogP contribution in [0.5, 0.6) is 0 Å². The van der Waals surface area contributed by atoms with Crippen LogP contribution in [0, 0.1) is 0 Å². The number of carboxylic acid groups (broad SMARTS) is 1. The number of hydrogen-bond donors (Lipinski definition) is 1. The third-order valence-corrected chi connectivity index (χ3v) is 6.42. The maximum atomic E-state index is 12.5. The summed E-state index contributed by atoms with van der Waals surface area (Å²) in [7, 11) is -3.48. The highest BCUT2D eigenvalue weighted by Crippen LogP contribution is 2.37. The first-order chi connectivity index (χ1) is 12.2. The summed E-state index contributed by atoms with van der Waals surface area (Å²) in [4.78, 5) is 36.2. The molecule has 26 heavy (non-hydrogen) atoms. The Morgan fingerprint density at radius 1 is 1.27 bits per heavy atom. The summed E-state index contributed by atoms with van der Waals surface area (Å²) in [6, 6.07) is 5.83. The molecule has 0 saturated carbocycles. The molecule has 9 heteroatoms. The number of rotatable bonds is 5. The smallest absolute Gasteiger partial charge is 0.355 e. The molecule has 1 fully saturated rings. The monoisotopic (exact) mass is 379 g/mol. The zero-order valence-corrected chi connectivity index (χ0v) is 14.8. The van der Waals surface area contributed by atoms with E-state index >= 15 is 0 Å². The van der Waals surface area contributed by atoms with Crippen LogP contribution >= 0.6 is 0 Å². The Balaban J connectivity index is 1.78. The minimum Gasteiger partial charge on any atom is -0.478 e. The third kappa shape index (κ3) is 3.10. The van der Waals surface area contributed by atoms with Crippen molar-refractivity contribution in [1.82, 2.24) is 4.90 Å². The summed E-state index contributed by atoms with van der Waals surface area (Å²) in [6.45, 7) is 1.60. The Bertz CT molecular complexity index is 915. The average Bonchev–Trinajstić information content (AvgIpc) is 2.59. The van der Waals surface area contributed by atoms with Gasteiger partial charge in [-0.25, -0.2) is 18.0 Å². The normalized spacial score (nSPS) is 21.0. The maximum absolute atomic E-state index is 12.5. The first-order valence-electron chi connectivity index (χ1n) is 7.99. The van der Waals surface area contributed by atoms with Crippen LogP contribution in [-0.4, -0.2) is 47.4 Å². The highest BCUT2D eigenvalue weighted by Gasteiger charge is 2.52. The van der Waals surface area contributed by atoms with Crippen LogP contribution in [-0.2, 0) is 30.8 Å². The van der Waals surface area contributed by atoms with Gasteiger partial charge in [0.15, 0.2) is 9.84 Å². The topological polar surface area (TPSA) is 118 Å². The van der Waals surface area contributed by atoms with Gasteiger partial charge in [0.25, 0.3) is 0 Å². The molecule has 0 bridgehead atoms. The number of sulfone groups is 1. The molecule has 0 aliphatic carbocycles. The number of carboxylic acids is 1. The molecule has 8 nitrogen and oxygen atoms in total. The van der Waals surface area contributed by atoms with Crippen LogP contribution in [0.15, 0.2) is 35.5 Å². The summed E-state index contributed by atoms with van der Waals surface area (Å²) < 4.78 is 29.6. The predicted molar refractivity (Wildman–Crippen MR) is 89.6 cm³/mol. The number of ether oxygens (including phenoxy) is 1. The van der Waals surface area contributed by atoms with Crippen molar-refractivity contribution in [2.75, 3.05) is 5.75 Å². The summed E-state index contributed by atoms with van der Waals surface area (Å²) in [5, 5.41) is 7.89. The lowest BCUT2D eigenvalue weighted by Gasteiger charge is -2.44. The van der Waals surface area contributed by atoms with Gasteiger partial charge in [-0.2, -0.15) is 0 Å². The molecule has 0 radical (unpaired) electrons. The molecular weight excluding hydrogens is 362 g/mol. The second-order valence-electron chi connectivity index (χ2n) is 6.11. The summed E-state index contributed by atoms with van der Waals surface area (Å²) in [5.74, 6) is -2.48. The van der Waals surface area contributed by atoms with E-state index in [0.717, 1.165) is 4.90 Å². The van der Waals surface area contributed by atoms with Crippen molar-refractivity contribution in [2.24, 2.45) is 0 Å². The molecule has 1 unspecified atom stereocenters. The van der Waals surface area contributed by atoms with Gasteiger partial charge >= 0.3 is 11.9 Å². The highest BCUT2D eigenvalue weighted by atomic mass is 32.2. The molecule has 0 aromatic heterocycles. The molecular formula is C17H17NO7S. The van der Waals surface area contributed by atoms with Gasteiger partial charge in [-0.15, -0.1) is 0 Å². The number of β-lactam (4-membered cyclic amide) rings is 1. The number of hydrogen-bond acceptors (Lipinski definition) is 6. The largest absolute Gasteiger partial charge is 0.478 e. The Hall–Kier alpha value is -2.68. The maximum Gasteiger partial charge on any atom is 0.355 e. The molecule has 1 aromatic carbocycles. The first kappa shape index (κ1) is 18.1. The number of benzene rings is 1. The van der Waals surface area contributed by atoms with Crippen molar-refractivity contribution in [3.8, 4) is 0 Å². The molecule has 0 spiro atoms. The van der Waals surface area contributed by atoms with Gasteiger partial charge in [-0.1, -0.05) is 19.1 Å². The first-order valence-corrected chi connectivity index (χ1v) is 9.71. The Kier molecular flexibility index (Phi) is 4.57. The van der Waals surface area contributed by atoms with Crippen molar-refractivity contribution in [2.45, 2.75) is 31.7 Å². The van der Waals surface area contributed by atoms with Crippen molar-refractivity contribution < 1.29 is 32.6 Å². The number of amides is 1. The Morgan fingerprint density at radius 3 is 2.46 bits per heavy atom. The van der Waals surface area contributed by atoms with E-state index in [4.69, 9.17) is 9.84 Å². The Labute approximate surface area is 150 Å². The number of carbonyl (C=O) groups excluding carboxylic acids is 2. The number of fused-ring (bicyclic) bond motifs is 1. The van der Waals surface area contributed by atoms with E-state index in [9.17, 15) is 22.8 Å². The second-order valence-corrected chi connectivity index (χ2v) is 8.27. The van der Waals surface area contributed by atoms with Crippen LogP contribution in [0.4, 0.5) is 0 Å². The van der Waals surface area contributed by atoms with Gasteiger partial charge in [0.1, 0.15) is 17.7 Å². The third-order valence-electron chi connectivity index (χ3n) is 4.46. The number of nitrogens with zero attached hydrogens (tertiary/aromatic N) is 1. The molecule has 1 amide bonds. The van der Waals surface area contributed by atoms with Gasteiger partial charge < -0.3 is 9.84 Å². The number of carbonyl (C=O) groups is 3. The summed E-state index contributed by atoms with van der Waals surface area (Å²) in [6.07, 6.45) is 0.195. The SMILES string of the molecule is CCC1=C(C(=O)OCc2ccc(C(=O)O)cc2)N2C(=O)CC2S(=O)(=O)C1. The van der Waals surface area contributed by atoms with Crippen LogP contribution < -0.4 is 0 Å².